The highest BCUT2D eigenvalue weighted by Gasteiger charge is 2.24. The maximum Gasteiger partial charge on any atom is 0.222 e. The highest BCUT2D eigenvalue weighted by molar-refractivity contribution is 5.84. The number of hydrogen-bond acceptors (Lipinski definition) is 10. The molecule has 0 aliphatic carbocycles. The van der Waals surface area contributed by atoms with Crippen LogP contribution in [-0.2, 0) is 47.9 Å². The average molecular weight is 722 g/mol. The third-order valence-corrected chi connectivity index (χ3v) is 8.04. The number of carbonyl (C=O) groups excluding carboxylic acids is 10. The molecule has 5 amide bonds. The van der Waals surface area contributed by atoms with E-state index in [1.165, 1.54) is 34.6 Å². The van der Waals surface area contributed by atoms with E-state index in [1.807, 2.05) is 0 Å². The fraction of sp³-hybridized carbons (Fsp3) is 0.722. The highest BCUT2D eigenvalue weighted by atomic mass is 16.2. The average Bonchev–Trinajstić information content (AvgIpc) is 2.98. The Hall–Kier alpha value is -4.30. The molecule has 0 spiro atoms. The zero-order valence-electron chi connectivity index (χ0n) is 31.2. The van der Waals surface area contributed by atoms with Crippen LogP contribution < -0.4 is 27.0 Å². The molecule has 0 aliphatic rings. The van der Waals surface area contributed by atoms with E-state index >= 15 is 0 Å². The second kappa shape index (κ2) is 25.6. The van der Waals surface area contributed by atoms with E-state index in [-0.39, 0.29) is 118 Å². The Morgan fingerprint density at radius 2 is 0.706 bits per heavy atom. The Balaban J connectivity index is 5.64. The van der Waals surface area contributed by atoms with Gasteiger partial charge >= 0.3 is 0 Å². The van der Waals surface area contributed by atoms with E-state index < -0.39 is 53.7 Å². The normalized spacial score (nSPS) is 13.8. The van der Waals surface area contributed by atoms with Gasteiger partial charge in [-0.3, -0.25) is 38.4 Å². The summed E-state index contributed by atoms with van der Waals surface area (Å²) in [6.07, 6.45) is 1.32. The van der Waals surface area contributed by atoms with Crippen molar-refractivity contribution in [1.29, 1.82) is 0 Å². The van der Waals surface area contributed by atoms with Crippen molar-refractivity contribution in [2.45, 2.75) is 162 Å². The van der Waals surface area contributed by atoms with Gasteiger partial charge in [0.1, 0.15) is 28.9 Å². The van der Waals surface area contributed by atoms with Crippen LogP contribution in [0.25, 0.3) is 0 Å². The van der Waals surface area contributed by atoms with Crippen molar-refractivity contribution in [3.05, 3.63) is 0 Å². The molecule has 0 aliphatic heterocycles. The molecule has 0 heterocycles. The SMILES string of the molecule is CC(=O)CCC(CC(C)=O)NC(=O)CCC(CC(C)=O)NC(=O)CC(CCC(=O)NC(CCC(C)=O)CC(C)=O)NC(=O)CC(C)CCC(N)=O. The highest BCUT2D eigenvalue weighted by Crippen LogP contribution is 2.13. The number of carbonyl (C=O) groups is 10. The van der Waals surface area contributed by atoms with Gasteiger partial charge in [0, 0.05) is 88.4 Å². The van der Waals surface area contributed by atoms with Gasteiger partial charge in [-0.05, 0) is 72.6 Å². The first kappa shape index (κ1) is 46.7. The summed E-state index contributed by atoms with van der Waals surface area (Å²) in [7, 11) is 0. The van der Waals surface area contributed by atoms with Crippen molar-refractivity contribution in [3.8, 4) is 0 Å². The van der Waals surface area contributed by atoms with Gasteiger partial charge in [0.2, 0.25) is 29.5 Å². The molecule has 0 fully saturated rings. The van der Waals surface area contributed by atoms with Gasteiger partial charge in [-0.15, -0.1) is 0 Å². The summed E-state index contributed by atoms with van der Waals surface area (Å²) < 4.78 is 0. The number of hydrogen-bond donors (Lipinski definition) is 5. The summed E-state index contributed by atoms with van der Waals surface area (Å²) in [4.78, 5) is 121. The van der Waals surface area contributed by atoms with Gasteiger partial charge in [-0.25, -0.2) is 0 Å². The Kier molecular flexibility index (Phi) is 23.5. The van der Waals surface area contributed by atoms with Crippen molar-refractivity contribution in [1.82, 2.24) is 21.3 Å². The molecule has 15 heteroatoms. The molecule has 15 nitrogen and oxygen atoms in total. The molecule has 0 radical (unpaired) electrons. The predicted octanol–water partition coefficient (Wildman–Crippen LogP) is 1.84. The molecule has 0 saturated carbocycles. The van der Waals surface area contributed by atoms with Crippen LogP contribution in [0.5, 0.6) is 0 Å². The molecule has 0 saturated heterocycles. The third kappa shape index (κ3) is 27.1. The number of ketones is 5. The van der Waals surface area contributed by atoms with E-state index in [4.69, 9.17) is 5.73 Å². The minimum Gasteiger partial charge on any atom is -0.370 e. The second-order valence-electron chi connectivity index (χ2n) is 13.9. The lowest BCUT2D eigenvalue weighted by molar-refractivity contribution is -0.127. The minimum absolute atomic E-state index is 0.0441. The smallest absolute Gasteiger partial charge is 0.222 e. The lowest BCUT2D eigenvalue weighted by Crippen LogP contribution is -2.44. The zero-order chi connectivity index (χ0) is 39.1. The van der Waals surface area contributed by atoms with Crippen LogP contribution in [0.3, 0.4) is 0 Å². The maximum absolute atomic E-state index is 13.2. The number of amides is 5. The molecular formula is C36H59N5O10. The van der Waals surface area contributed by atoms with Crippen molar-refractivity contribution in [2.75, 3.05) is 0 Å². The van der Waals surface area contributed by atoms with Crippen LogP contribution in [0.1, 0.15) is 138 Å². The summed E-state index contributed by atoms with van der Waals surface area (Å²) in [5, 5.41) is 11.1. The van der Waals surface area contributed by atoms with Gasteiger partial charge in [0.15, 0.2) is 0 Å². The Bertz CT molecular complexity index is 1250. The van der Waals surface area contributed by atoms with E-state index in [9.17, 15) is 47.9 Å². The number of nitrogens with one attached hydrogen (secondary N) is 4. The van der Waals surface area contributed by atoms with Crippen LogP contribution >= 0.6 is 0 Å². The van der Waals surface area contributed by atoms with Crippen LogP contribution in [0.15, 0.2) is 0 Å². The molecule has 0 aromatic heterocycles. The van der Waals surface area contributed by atoms with Crippen LogP contribution in [0.4, 0.5) is 0 Å². The van der Waals surface area contributed by atoms with Crippen LogP contribution in [-0.4, -0.2) is 82.6 Å². The lowest BCUT2D eigenvalue weighted by atomic mass is 9.99. The fourth-order valence-corrected chi connectivity index (χ4v) is 5.51. The van der Waals surface area contributed by atoms with Crippen LogP contribution in [0.2, 0.25) is 0 Å². The second-order valence-corrected chi connectivity index (χ2v) is 13.9. The largest absolute Gasteiger partial charge is 0.370 e. The minimum atomic E-state index is -0.801. The summed E-state index contributed by atoms with van der Waals surface area (Å²) in [6.45, 7) is 8.74. The number of nitrogens with two attached hydrogens (primary N) is 1. The summed E-state index contributed by atoms with van der Waals surface area (Å²) in [5.41, 5.74) is 5.21. The summed E-state index contributed by atoms with van der Waals surface area (Å²) >= 11 is 0. The topological polar surface area (TPSA) is 245 Å². The Morgan fingerprint density at radius 3 is 1.04 bits per heavy atom. The Labute approximate surface area is 301 Å². The van der Waals surface area contributed by atoms with Crippen molar-refractivity contribution in [2.24, 2.45) is 11.7 Å². The first-order chi connectivity index (χ1) is 23.7. The van der Waals surface area contributed by atoms with E-state index in [1.54, 1.807) is 6.92 Å². The number of rotatable bonds is 29. The van der Waals surface area contributed by atoms with Crippen molar-refractivity contribution in [3.63, 3.8) is 0 Å². The molecular weight excluding hydrogens is 662 g/mol. The van der Waals surface area contributed by atoms with Gasteiger partial charge in [-0.2, -0.15) is 0 Å². The quantitative estimate of drug-likeness (QED) is 0.0750. The molecule has 5 atom stereocenters. The first-order valence-corrected chi connectivity index (χ1v) is 17.7. The number of primary amides is 1. The predicted molar refractivity (Wildman–Crippen MR) is 189 cm³/mol. The van der Waals surface area contributed by atoms with Crippen molar-refractivity contribution < 1.29 is 47.9 Å². The van der Waals surface area contributed by atoms with Gasteiger partial charge < -0.3 is 36.6 Å². The first-order valence-electron chi connectivity index (χ1n) is 17.7. The van der Waals surface area contributed by atoms with E-state index in [0.717, 1.165) is 0 Å². The summed E-state index contributed by atoms with van der Waals surface area (Å²) in [6, 6.07) is -2.58. The standard InChI is InChI=1S/C36H59N5O10/c1-22(7-14-32(37)47)17-35(50)41-31(13-16-34(49)39-29(19-26(5)45)11-9-24(3)43)21-36(51)40-30(20-27(6)46)12-15-33(48)38-28(18-25(4)44)10-8-23(2)42/h22,28-31H,7-21H2,1-6H3,(H2,37,47)(H,38,48)(H,39,49)(H,40,51)(H,41,50). The Morgan fingerprint density at radius 1 is 0.392 bits per heavy atom. The molecule has 288 valence electrons. The van der Waals surface area contributed by atoms with Crippen molar-refractivity contribution >= 4 is 58.5 Å². The molecule has 6 N–H and O–H groups in total. The third-order valence-electron chi connectivity index (χ3n) is 8.04. The van der Waals surface area contributed by atoms with Crippen LogP contribution in [0, 0.1) is 5.92 Å². The zero-order valence-corrected chi connectivity index (χ0v) is 31.2. The molecule has 0 aromatic rings. The van der Waals surface area contributed by atoms with Gasteiger partial charge in [0.25, 0.3) is 0 Å². The lowest BCUT2D eigenvalue weighted by Gasteiger charge is -2.23. The number of Topliss-reactive ketones (excluding diaryl/α,β-unsaturated/α-hetero) is 5. The molecule has 0 rings (SSSR count). The monoisotopic (exact) mass is 721 g/mol. The van der Waals surface area contributed by atoms with E-state index in [2.05, 4.69) is 21.3 Å². The van der Waals surface area contributed by atoms with Gasteiger partial charge in [-0.1, -0.05) is 6.92 Å². The van der Waals surface area contributed by atoms with Gasteiger partial charge in [0.05, 0.1) is 0 Å². The molecule has 0 aromatic carbocycles. The summed E-state index contributed by atoms with van der Waals surface area (Å²) in [5.74, 6) is -3.11. The van der Waals surface area contributed by atoms with E-state index in [0.29, 0.717) is 12.8 Å². The molecule has 0 bridgehead atoms. The molecule has 51 heavy (non-hydrogen) atoms. The fourth-order valence-electron chi connectivity index (χ4n) is 5.51. The molecule has 5 unspecified atom stereocenters. The maximum atomic E-state index is 13.2.